The summed E-state index contributed by atoms with van der Waals surface area (Å²) in [5, 5.41) is 0. The molecule has 0 saturated heterocycles. The minimum absolute atomic E-state index is 0.152. The predicted octanol–water partition coefficient (Wildman–Crippen LogP) is 10.1. The van der Waals surface area contributed by atoms with E-state index in [1.165, 1.54) is 0 Å². The van der Waals surface area contributed by atoms with Crippen molar-refractivity contribution in [2.45, 2.75) is 155 Å². The van der Waals surface area contributed by atoms with Crippen LogP contribution in [0, 0.1) is 11.8 Å². The molecule has 0 saturated carbocycles. The smallest absolute Gasteiger partial charge is 0.405 e. The highest BCUT2D eigenvalue weighted by Gasteiger charge is 2.55. The highest BCUT2D eigenvalue weighted by molar-refractivity contribution is 6.70. The SMILES string of the molecule is CCCCCCCC(C(=O)C(CCCCCCC)C(O[Si](C)(C)C)C(F)(F)F)C(O[Si](C)(C)C)C(F)(F)F. The zero-order chi connectivity index (χ0) is 29.8. The summed E-state index contributed by atoms with van der Waals surface area (Å²) >= 11 is 0. The first-order valence-corrected chi connectivity index (χ1v) is 21.1. The third kappa shape index (κ3) is 16.0. The number of rotatable bonds is 20. The van der Waals surface area contributed by atoms with Crippen LogP contribution in [-0.2, 0) is 13.6 Å². The van der Waals surface area contributed by atoms with Crippen LogP contribution in [0.1, 0.15) is 90.9 Å². The molecular weight excluding hydrogens is 542 g/mol. The average molecular weight is 595 g/mol. The monoisotopic (exact) mass is 594 g/mol. The first-order valence-electron chi connectivity index (χ1n) is 14.3. The van der Waals surface area contributed by atoms with Crippen LogP contribution in [0.3, 0.4) is 0 Å². The molecule has 0 aliphatic heterocycles. The standard InChI is InChI=1S/C27H52F6O3Si2/c1-9-11-13-15-17-19-21(24(26(28,29)30)35-37(3,4)5)23(34)22(20-18-16-14-12-10-2)25(27(31,32)33)36-38(6,7)8/h21-22,24-25H,9-20H2,1-8H3. The minimum Gasteiger partial charge on any atom is -0.405 e. The molecule has 0 aromatic rings. The van der Waals surface area contributed by atoms with Gasteiger partial charge in [0.15, 0.2) is 28.8 Å². The molecule has 0 N–H and O–H groups in total. The van der Waals surface area contributed by atoms with Gasteiger partial charge in [0.05, 0.1) is 11.8 Å². The van der Waals surface area contributed by atoms with E-state index < -0.39 is 58.8 Å². The van der Waals surface area contributed by atoms with Crippen LogP contribution >= 0.6 is 0 Å². The number of carbonyl (C=O) groups excluding carboxylic acids is 1. The molecule has 38 heavy (non-hydrogen) atoms. The average Bonchev–Trinajstić information content (AvgIpc) is 2.73. The first-order chi connectivity index (χ1) is 17.2. The van der Waals surface area contributed by atoms with E-state index in [2.05, 4.69) is 0 Å². The van der Waals surface area contributed by atoms with Crippen LogP contribution in [-0.4, -0.2) is 47.0 Å². The fraction of sp³-hybridized carbons (Fsp3) is 0.963. The number of unbranched alkanes of at least 4 members (excludes halogenated alkanes) is 8. The molecule has 4 atom stereocenters. The van der Waals surface area contributed by atoms with E-state index in [4.69, 9.17) is 8.85 Å². The van der Waals surface area contributed by atoms with E-state index in [-0.39, 0.29) is 12.8 Å². The van der Waals surface area contributed by atoms with Crippen molar-refractivity contribution in [2.75, 3.05) is 0 Å². The maximum Gasteiger partial charge on any atom is 0.414 e. The molecule has 4 unspecified atom stereocenters. The van der Waals surface area contributed by atoms with E-state index in [9.17, 15) is 31.1 Å². The molecule has 228 valence electrons. The van der Waals surface area contributed by atoms with Crippen LogP contribution < -0.4 is 0 Å². The second-order valence-corrected chi connectivity index (χ2v) is 21.3. The third-order valence-corrected chi connectivity index (χ3v) is 8.23. The Labute approximate surface area is 229 Å². The molecule has 0 fully saturated rings. The van der Waals surface area contributed by atoms with Crippen molar-refractivity contribution in [3.8, 4) is 0 Å². The Kier molecular flexibility index (Phi) is 16.6. The van der Waals surface area contributed by atoms with Crippen molar-refractivity contribution in [2.24, 2.45) is 11.8 Å². The van der Waals surface area contributed by atoms with Gasteiger partial charge in [0.2, 0.25) is 0 Å². The highest BCUT2D eigenvalue weighted by Crippen LogP contribution is 2.40. The van der Waals surface area contributed by atoms with Gasteiger partial charge in [-0.05, 0) is 52.1 Å². The summed E-state index contributed by atoms with van der Waals surface area (Å²) in [4.78, 5) is 13.9. The van der Waals surface area contributed by atoms with Gasteiger partial charge in [0.25, 0.3) is 0 Å². The van der Waals surface area contributed by atoms with Crippen LogP contribution in [0.4, 0.5) is 26.3 Å². The van der Waals surface area contributed by atoms with Gasteiger partial charge < -0.3 is 8.85 Å². The van der Waals surface area contributed by atoms with Gasteiger partial charge >= 0.3 is 12.4 Å². The Hall–Kier alpha value is -0.396. The predicted molar refractivity (Wildman–Crippen MR) is 147 cm³/mol. The van der Waals surface area contributed by atoms with Gasteiger partial charge in [-0.2, -0.15) is 26.3 Å². The van der Waals surface area contributed by atoms with Crippen molar-refractivity contribution in [1.82, 2.24) is 0 Å². The Bertz CT molecular complexity index is 603. The van der Waals surface area contributed by atoms with Crippen LogP contribution in [0.2, 0.25) is 39.3 Å². The number of hydrogen-bond donors (Lipinski definition) is 0. The summed E-state index contributed by atoms with van der Waals surface area (Å²) in [6, 6.07) is 0. The largest absolute Gasteiger partial charge is 0.414 e. The minimum atomic E-state index is -4.87. The lowest BCUT2D eigenvalue weighted by molar-refractivity contribution is -0.225. The van der Waals surface area contributed by atoms with E-state index >= 15 is 0 Å². The molecule has 0 spiro atoms. The molecule has 11 heteroatoms. The van der Waals surface area contributed by atoms with Crippen molar-refractivity contribution in [3.05, 3.63) is 0 Å². The van der Waals surface area contributed by atoms with Crippen molar-refractivity contribution < 1.29 is 40.0 Å². The molecule has 3 nitrogen and oxygen atoms in total. The quantitative estimate of drug-likeness (QED) is 0.0799. The summed E-state index contributed by atoms with van der Waals surface area (Å²) in [5.41, 5.74) is 0. The molecule has 0 aliphatic carbocycles. The molecule has 0 aromatic heterocycles. The van der Waals surface area contributed by atoms with Gasteiger partial charge in [-0.25, -0.2) is 0 Å². The van der Waals surface area contributed by atoms with E-state index in [1.54, 1.807) is 39.3 Å². The number of alkyl halides is 6. The van der Waals surface area contributed by atoms with Gasteiger partial charge in [-0.3, -0.25) is 4.79 Å². The van der Waals surface area contributed by atoms with Gasteiger partial charge in [-0.1, -0.05) is 78.1 Å². The van der Waals surface area contributed by atoms with Crippen molar-refractivity contribution in [1.29, 1.82) is 0 Å². The summed E-state index contributed by atoms with van der Waals surface area (Å²) in [5.74, 6) is -4.41. The normalized spacial score (nSPS) is 16.8. The lowest BCUT2D eigenvalue weighted by Crippen LogP contribution is -2.53. The van der Waals surface area contributed by atoms with E-state index in [0.29, 0.717) is 25.7 Å². The Balaban J connectivity index is 6.46. The van der Waals surface area contributed by atoms with Crippen molar-refractivity contribution in [3.63, 3.8) is 0 Å². The third-order valence-electron chi connectivity index (χ3n) is 6.31. The molecular formula is C27H52F6O3Si2. The van der Waals surface area contributed by atoms with Crippen LogP contribution in [0.5, 0.6) is 0 Å². The van der Waals surface area contributed by atoms with Gasteiger partial charge in [0.1, 0.15) is 5.78 Å². The molecule has 0 heterocycles. The highest BCUT2D eigenvalue weighted by atomic mass is 28.4. The van der Waals surface area contributed by atoms with E-state index in [0.717, 1.165) is 38.5 Å². The number of Topliss-reactive ketones (excluding diaryl/α,β-unsaturated/α-hetero) is 1. The van der Waals surface area contributed by atoms with Gasteiger partial charge in [0, 0.05) is 0 Å². The van der Waals surface area contributed by atoms with Gasteiger partial charge in [-0.15, -0.1) is 0 Å². The zero-order valence-corrected chi connectivity index (χ0v) is 26.8. The Morgan fingerprint density at radius 2 is 0.868 bits per heavy atom. The molecule has 0 aromatic carbocycles. The lowest BCUT2D eigenvalue weighted by Gasteiger charge is -2.38. The van der Waals surface area contributed by atoms with Crippen LogP contribution in [0.25, 0.3) is 0 Å². The number of ketones is 1. The first kappa shape index (κ1) is 37.6. The lowest BCUT2D eigenvalue weighted by atomic mass is 9.79. The summed E-state index contributed by atoms with van der Waals surface area (Å²) in [7, 11) is -5.59. The summed E-state index contributed by atoms with van der Waals surface area (Å²) in [6.07, 6.45) is -7.71. The second kappa shape index (κ2) is 16.8. The molecule has 0 rings (SSSR count). The summed E-state index contributed by atoms with van der Waals surface area (Å²) in [6.45, 7) is 13.6. The maximum atomic E-state index is 14.4. The molecule has 0 radical (unpaired) electrons. The van der Waals surface area contributed by atoms with Crippen LogP contribution in [0.15, 0.2) is 0 Å². The second-order valence-electron chi connectivity index (χ2n) is 12.4. The van der Waals surface area contributed by atoms with E-state index in [1.807, 2.05) is 13.8 Å². The summed E-state index contributed by atoms with van der Waals surface area (Å²) < 4.78 is 97.1. The number of carbonyl (C=O) groups is 1. The number of halogens is 6. The Morgan fingerprint density at radius 3 is 1.11 bits per heavy atom. The molecule has 0 aliphatic rings. The molecule has 0 amide bonds. The molecule has 0 bridgehead atoms. The number of hydrogen-bond acceptors (Lipinski definition) is 3. The maximum absolute atomic E-state index is 14.4. The fourth-order valence-corrected chi connectivity index (χ4v) is 6.73. The zero-order valence-electron chi connectivity index (χ0n) is 24.8. The topological polar surface area (TPSA) is 35.5 Å². The van der Waals surface area contributed by atoms with Crippen molar-refractivity contribution >= 4 is 22.4 Å². The fourth-order valence-electron chi connectivity index (χ4n) is 4.61. The Morgan fingerprint density at radius 1 is 0.579 bits per heavy atom.